The van der Waals surface area contributed by atoms with E-state index in [0.29, 0.717) is 24.5 Å². The fourth-order valence-corrected chi connectivity index (χ4v) is 2.70. The van der Waals surface area contributed by atoms with E-state index in [9.17, 15) is 5.11 Å². The molecule has 3 rings (SSSR count). The number of ether oxygens (including phenoxy) is 3. The molecular formula is C19H22O4. The fraction of sp³-hybridized carbons (Fsp3) is 0.368. The molecule has 1 heterocycles. The van der Waals surface area contributed by atoms with Gasteiger partial charge in [0.05, 0.1) is 25.9 Å². The van der Waals surface area contributed by atoms with Gasteiger partial charge >= 0.3 is 0 Å². The molecule has 0 radical (unpaired) electrons. The summed E-state index contributed by atoms with van der Waals surface area (Å²) in [6.45, 7) is 5.38. The maximum Gasteiger partial charge on any atom is 0.187 e. The van der Waals surface area contributed by atoms with Gasteiger partial charge in [-0.1, -0.05) is 44.2 Å². The van der Waals surface area contributed by atoms with E-state index >= 15 is 0 Å². The predicted octanol–water partition coefficient (Wildman–Crippen LogP) is 4.14. The van der Waals surface area contributed by atoms with Crippen LogP contribution in [0, 0.1) is 5.41 Å². The van der Waals surface area contributed by atoms with Crippen molar-refractivity contribution in [3.63, 3.8) is 0 Å². The summed E-state index contributed by atoms with van der Waals surface area (Å²) in [5, 5.41) is 10.3. The first-order valence-corrected chi connectivity index (χ1v) is 7.70. The van der Waals surface area contributed by atoms with E-state index < -0.39 is 6.29 Å². The first-order chi connectivity index (χ1) is 11.0. The maximum atomic E-state index is 10.3. The van der Waals surface area contributed by atoms with Crippen molar-refractivity contribution in [3.8, 4) is 22.6 Å². The Morgan fingerprint density at radius 3 is 2.30 bits per heavy atom. The van der Waals surface area contributed by atoms with Crippen LogP contribution in [0.4, 0.5) is 0 Å². The van der Waals surface area contributed by atoms with Crippen molar-refractivity contribution in [2.24, 2.45) is 5.41 Å². The molecule has 0 aliphatic carbocycles. The third-order valence-corrected chi connectivity index (χ3v) is 3.91. The lowest BCUT2D eigenvalue weighted by Gasteiger charge is -2.35. The molecule has 0 amide bonds. The third kappa shape index (κ3) is 3.33. The third-order valence-electron chi connectivity index (χ3n) is 3.91. The van der Waals surface area contributed by atoms with Crippen molar-refractivity contribution in [1.82, 2.24) is 0 Å². The molecule has 1 N–H and O–H groups in total. The van der Waals surface area contributed by atoms with Crippen LogP contribution in [0.25, 0.3) is 11.1 Å². The van der Waals surface area contributed by atoms with Crippen molar-refractivity contribution >= 4 is 0 Å². The topological polar surface area (TPSA) is 47.9 Å². The lowest BCUT2D eigenvalue weighted by atomic mass is 9.95. The Labute approximate surface area is 136 Å². The van der Waals surface area contributed by atoms with Crippen LogP contribution in [-0.4, -0.2) is 25.4 Å². The lowest BCUT2D eigenvalue weighted by molar-refractivity contribution is -0.226. The van der Waals surface area contributed by atoms with Gasteiger partial charge in [-0.15, -0.1) is 0 Å². The average Bonchev–Trinajstić information content (AvgIpc) is 2.55. The second-order valence-electron chi connectivity index (χ2n) is 6.60. The van der Waals surface area contributed by atoms with Crippen LogP contribution < -0.4 is 4.74 Å². The minimum Gasteiger partial charge on any atom is -0.504 e. The molecule has 1 aliphatic rings. The highest BCUT2D eigenvalue weighted by atomic mass is 16.7. The first-order valence-electron chi connectivity index (χ1n) is 7.70. The molecule has 0 spiro atoms. The highest BCUT2D eigenvalue weighted by molar-refractivity contribution is 5.69. The number of methoxy groups -OCH3 is 1. The maximum absolute atomic E-state index is 10.3. The van der Waals surface area contributed by atoms with E-state index in [2.05, 4.69) is 13.8 Å². The zero-order valence-electron chi connectivity index (χ0n) is 13.7. The molecule has 2 aromatic rings. The first kappa shape index (κ1) is 15.8. The van der Waals surface area contributed by atoms with Crippen molar-refractivity contribution < 1.29 is 19.3 Å². The van der Waals surface area contributed by atoms with Gasteiger partial charge in [-0.05, 0) is 23.3 Å². The van der Waals surface area contributed by atoms with Crippen LogP contribution in [0.5, 0.6) is 11.5 Å². The van der Waals surface area contributed by atoms with Gasteiger partial charge in [0.1, 0.15) is 0 Å². The Bertz CT molecular complexity index is 669. The number of aromatic hydroxyl groups is 1. The summed E-state index contributed by atoms with van der Waals surface area (Å²) in [5.41, 5.74) is 2.61. The average molecular weight is 314 g/mol. The van der Waals surface area contributed by atoms with Gasteiger partial charge in [-0.3, -0.25) is 0 Å². The van der Waals surface area contributed by atoms with Crippen molar-refractivity contribution in [1.29, 1.82) is 0 Å². The lowest BCUT2D eigenvalue weighted by Crippen LogP contribution is -2.33. The highest BCUT2D eigenvalue weighted by Crippen LogP contribution is 2.42. The van der Waals surface area contributed by atoms with Gasteiger partial charge in [0.2, 0.25) is 0 Å². The van der Waals surface area contributed by atoms with E-state index in [1.54, 1.807) is 6.07 Å². The number of phenols is 1. The van der Waals surface area contributed by atoms with Crippen molar-refractivity contribution in [2.75, 3.05) is 20.3 Å². The summed E-state index contributed by atoms with van der Waals surface area (Å²) >= 11 is 0. The van der Waals surface area contributed by atoms with Crippen LogP contribution >= 0.6 is 0 Å². The number of benzene rings is 2. The fourth-order valence-electron chi connectivity index (χ4n) is 2.70. The van der Waals surface area contributed by atoms with Gasteiger partial charge in [-0.2, -0.15) is 0 Å². The van der Waals surface area contributed by atoms with E-state index in [4.69, 9.17) is 14.2 Å². The molecule has 2 aromatic carbocycles. The summed E-state index contributed by atoms with van der Waals surface area (Å²) in [6.07, 6.45) is -0.535. The number of hydrogen-bond donors (Lipinski definition) is 1. The minimum atomic E-state index is -0.535. The van der Waals surface area contributed by atoms with Crippen LogP contribution in [0.3, 0.4) is 0 Å². The number of phenolic OH excluding ortho intramolecular Hbond substituents is 1. The Morgan fingerprint density at radius 1 is 1.04 bits per heavy atom. The Hall–Kier alpha value is -2.04. The van der Waals surface area contributed by atoms with Crippen LogP contribution in [0.1, 0.15) is 25.7 Å². The summed E-state index contributed by atoms with van der Waals surface area (Å²) in [7, 11) is 1.54. The van der Waals surface area contributed by atoms with Crippen LogP contribution in [0.2, 0.25) is 0 Å². The number of rotatable bonds is 3. The second kappa shape index (κ2) is 6.22. The predicted molar refractivity (Wildman–Crippen MR) is 88.5 cm³/mol. The molecule has 4 heteroatoms. The van der Waals surface area contributed by atoms with Crippen LogP contribution in [0.15, 0.2) is 42.5 Å². The molecule has 1 fully saturated rings. The van der Waals surface area contributed by atoms with Gasteiger partial charge in [-0.25, -0.2) is 0 Å². The molecule has 0 saturated carbocycles. The molecule has 0 aromatic heterocycles. The molecule has 1 saturated heterocycles. The summed E-state index contributed by atoms with van der Waals surface area (Å²) < 4.78 is 17.1. The van der Waals surface area contributed by atoms with Gasteiger partial charge < -0.3 is 19.3 Å². The van der Waals surface area contributed by atoms with Gasteiger partial charge in [0.15, 0.2) is 17.8 Å². The Balaban J connectivity index is 2.00. The molecule has 0 atom stereocenters. The smallest absolute Gasteiger partial charge is 0.187 e. The quantitative estimate of drug-likeness (QED) is 0.925. The molecular weight excluding hydrogens is 292 g/mol. The van der Waals surface area contributed by atoms with E-state index in [1.807, 2.05) is 36.4 Å². The molecule has 0 unspecified atom stereocenters. The molecule has 0 bridgehead atoms. The van der Waals surface area contributed by atoms with E-state index in [0.717, 1.165) is 11.1 Å². The SMILES string of the molecule is COc1c(O)cc(-c2ccccc2)cc1C1OCC(C)(C)CO1. The standard InChI is InChI=1S/C19H22O4/c1-19(2)11-22-18(23-12-19)15-9-14(10-16(20)17(15)21-3)13-7-5-4-6-8-13/h4-10,18,20H,11-12H2,1-3H3. The Kier molecular flexibility index (Phi) is 4.28. The summed E-state index contributed by atoms with van der Waals surface area (Å²) in [5.74, 6) is 0.482. The number of hydrogen-bond acceptors (Lipinski definition) is 4. The minimum absolute atomic E-state index is 0.0111. The summed E-state index contributed by atoms with van der Waals surface area (Å²) in [4.78, 5) is 0. The normalized spacial score (nSPS) is 17.9. The largest absolute Gasteiger partial charge is 0.504 e. The van der Waals surface area contributed by atoms with E-state index in [1.165, 1.54) is 7.11 Å². The van der Waals surface area contributed by atoms with E-state index in [-0.39, 0.29) is 11.2 Å². The summed E-state index contributed by atoms with van der Waals surface area (Å²) in [6, 6.07) is 13.5. The molecule has 4 nitrogen and oxygen atoms in total. The van der Waals surface area contributed by atoms with Crippen LogP contribution in [-0.2, 0) is 9.47 Å². The van der Waals surface area contributed by atoms with Gasteiger partial charge in [0.25, 0.3) is 0 Å². The zero-order valence-corrected chi connectivity index (χ0v) is 13.7. The van der Waals surface area contributed by atoms with Crippen molar-refractivity contribution in [2.45, 2.75) is 20.1 Å². The highest BCUT2D eigenvalue weighted by Gasteiger charge is 2.31. The molecule has 1 aliphatic heterocycles. The monoisotopic (exact) mass is 314 g/mol. The molecule has 122 valence electrons. The Morgan fingerprint density at radius 2 is 1.70 bits per heavy atom. The van der Waals surface area contributed by atoms with Crippen molar-refractivity contribution in [3.05, 3.63) is 48.0 Å². The second-order valence-corrected chi connectivity index (χ2v) is 6.60. The zero-order chi connectivity index (χ0) is 16.4. The molecule has 23 heavy (non-hydrogen) atoms. The van der Waals surface area contributed by atoms with Gasteiger partial charge in [0, 0.05) is 5.41 Å².